The molecule has 10 heteroatoms. The van der Waals surface area contributed by atoms with E-state index in [1.807, 2.05) is 0 Å². The lowest BCUT2D eigenvalue weighted by Crippen LogP contribution is -2.24. The zero-order valence-corrected chi connectivity index (χ0v) is 15.6. The molecule has 0 aliphatic heterocycles. The number of hydrogen-bond acceptors (Lipinski definition) is 5. The molecule has 2 aromatic carbocycles. The van der Waals surface area contributed by atoms with Gasteiger partial charge < -0.3 is 11.2 Å². The van der Waals surface area contributed by atoms with Gasteiger partial charge in [-0.2, -0.15) is 0 Å². The van der Waals surface area contributed by atoms with Crippen LogP contribution in [0.4, 0.5) is 14.5 Å². The Labute approximate surface area is 162 Å². The van der Waals surface area contributed by atoms with Crippen molar-refractivity contribution in [1.29, 1.82) is 0 Å². The second-order valence-corrected chi connectivity index (χ2v) is 7.22. The number of aromatic nitrogens is 3. The summed E-state index contributed by atoms with van der Waals surface area (Å²) in [5.41, 5.74) is 0.0903. The number of nitrogens with two attached hydrogens (primary N) is 1. The fourth-order valence-corrected chi connectivity index (χ4v) is 3.23. The van der Waals surface area contributed by atoms with E-state index in [1.54, 1.807) is 31.2 Å². The van der Waals surface area contributed by atoms with Gasteiger partial charge in [-0.3, -0.25) is 4.79 Å². The van der Waals surface area contributed by atoms with Crippen molar-refractivity contribution in [2.24, 2.45) is 0 Å². The van der Waals surface area contributed by atoms with Crippen molar-refractivity contribution in [2.45, 2.75) is 17.3 Å². The van der Waals surface area contributed by atoms with Gasteiger partial charge in [0.05, 0.1) is 10.3 Å². The predicted octanol–water partition coefficient (Wildman–Crippen LogP) is 3.71. The zero-order valence-electron chi connectivity index (χ0n) is 14.0. The van der Waals surface area contributed by atoms with Crippen LogP contribution in [0.5, 0.6) is 0 Å². The van der Waals surface area contributed by atoms with Crippen molar-refractivity contribution < 1.29 is 13.6 Å². The normalized spacial score (nSPS) is 12.0. The molecule has 1 aromatic heterocycles. The molecular formula is C17H14ClF2N5OS. The second kappa shape index (κ2) is 7.93. The van der Waals surface area contributed by atoms with Gasteiger partial charge in [-0.1, -0.05) is 41.6 Å². The molecule has 0 radical (unpaired) electrons. The monoisotopic (exact) mass is 409 g/mol. The van der Waals surface area contributed by atoms with E-state index in [1.165, 1.54) is 10.7 Å². The Morgan fingerprint density at radius 2 is 1.85 bits per heavy atom. The number of carbonyl (C=O) groups excluding carboxylic acids is 1. The Morgan fingerprint density at radius 3 is 2.52 bits per heavy atom. The summed E-state index contributed by atoms with van der Waals surface area (Å²) in [5, 5.41) is 10.2. The Hall–Kier alpha value is -2.65. The molecule has 3 rings (SSSR count). The summed E-state index contributed by atoms with van der Waals surface area (Å²) in [6.45, 7) is 1.56. The summed E-state index contributed by atoms with van der Waals surface area (Å²) in [4.78, 5) is 12.3. The summed E-state index contributed by atoms with van der Waals surface area (Å²) < 4.78 is 28.6. The molecule has 27 heavy (non-hydrogen) atoms. The number of amides is 1. The first-order valence-corrected chi connectivity index (χ1v) is 9.01. The van der Waals surface area contributed by atoms with Crippen LogP contribution in [0.3, 0.4) is 0 Å². The maximum atomic E-state index is 13.7. The number of halogens is 3. The van der Waals surface area contributed by atoms with Crippen molar-refractivity contribution in [3.63, 3.8) is 0 Å². The third-order valence-electron chi connectivity index (χ3n) is 3.64. The van der Waals surface area contributed by atoms with Gasteiger partial charge in [0.15, 0.2) is 5.82 Å². The van der Waals surface area contributed by atoms with Gasteiger partial charge in [-0.25, -0.2) is 13.5 Å². The molecule has 0 saturated carbocycles. The minimum Gasteiger partial charge on any atom is -0.335 e. The SMILES string of the molecule is C[C@H](Sc1nnc(-c2ccccc2Cl)n1N)C(=O)Nc1c(F)cccc1F. The lowest BCUT2D eigenvalue weighted by atomic mass is 10.2. The fraction of sp³-hybridized carbons (Fsp3) is 0.118. The van der Waals surface area contributed by atoms with Crippen LogP contribution < -0.4 is 11.2 Å². The van der Waals surface area contributed by atoms with E-state index >= 15 is 0 Å². The van der Waals surface area contributed by atoms with E-state index in [2.05, 4.69) is 15.5 Å². The summed E-state index contributed by atoms with van der Waals surface area (Å²) in [5.74, 6) is 4.02. The highest BCUT2D eigenvalue weighted by Gasteiger charge is 2.22. The Kier molecular flexibility index (Phi) is 5.62. The lowest BCUT2D eigenvalue weighted by molar-refractivity contribution is -0.115. The fourth-order valence-electron chi connectivity index (χ4n) is 2.24. The highest BCUT2D eigenvalue weighted by Crippen LogP contribution is 2.29. The zero-order chi connectivity index (χ0) is 19.6. The molecule has 0 saturated heterocycles. The van der Waals surface area contributed by atoms with Crippen LogP contribution in [0.15, 0.2) is 47.6 Å². The number of para-hydroxylation sites is 1. The predicted molar refractivity (Wildman–Crippen MR) is 101 cm³/mol. The van der Waals surface area contributed by atoms with E-state index in [4.69, 9.17) is 17.4 Å². The smallest absolute Gasteiger partial charge is 0.237 e. The molecule has 1 atom stereocenters. The number of nitrogens with one attached hydrogen (secondary N) is 1. The number of benzene rings is 2. The number of nitrogen functional groups attached to an aromatic ring is 1. The number of anilines is 1. The molecule has 3 aromatic rings. The van der Waals surface area contributed by atoms with Crippen LogP contribution in [0, 0.1) is 11.6 Å². The molecular weight excluding hydrogens is 396 g/mol. The first kappa shape index (κ1) is 19.1. The highest BCUT2D eigenvalue weighted by molar-refractivity contribution is 8.00. The maximum absolute atomic E-state index is 13.7. The number of rotatable bonds is 5. The average molecular weight is 410 g/mol. The molecule has 0 unspecified atom stereocenters. The largest absolute Gasteiger partial charge is 0.335 e. The summed E-state index contributed by atoms with van der Waals surface area (Å²) >= 11 is 7.13. The summed E-state index contributed by atoms with van der Waals surface area (Å²) in [7, 11) is 0. The Balaban J connectivity index is 1.76. The highest BCUT2D eigenvalue weighted by atomic mass is 35.5. The van der Waals surface area contributed by atoms with Crippen LogP contribution in [0.2, 0.25) is 5.02 Å². The van der Waals surface area contributed by atoms with Gasteiger partial charge in [-0.05, 0) is 31.2 Å². The van der Waals surface area contributed by atoms with Crippen molar-refractivity contribution in [2.75, 3.05) is 11.2 Å². The van der Waals surface area contributed by atoms with Gasteiger partial charge >= 0.3 is 0 Å². The van der Waals surface area contributed by atoms with Crippen LogP contribution in [-0.2, 0) is 4.79 Å². The second-order valence-electron chi connectivity index (χ2n) is 5.50. The first-order chi connectivity index (χ1) is 12.9. The molecule has 1 heterocycles. The minimum absolute atomic E-state index is 0.251. The third kappa shape index (κ3) is 4.04. The number of nitrogens with zero attached hydrogens (tertiary/aromatic N) is 3. The van der Waals surface area contributed by atoms with E-state index in [-0.39, 0.29) is 5.16 Å². The van der Waals surface area contributed by atoms with Crippen molar-refractivity contribution >= 4 is 35.0 Å². The molecule has 1 amide bonds. The van der Waals surface area contributed by atoms with Crippen LogP contribution in [-0.4, -0.2) is 26.0 Å². The molecule has 140 valence electrons. The van der Waals surface area contributed by atoms with Gasteiger partial charge in [0.1, 0.15) is 17.3 Å². The van der Waals surface area contributed by atoms with Gasteiger partial charge in [-0.15, -0.1) is 10.2 Å². The van der Waals surface area contributed by atoms with E-state index < -0.39 is 28.5 Å². The van der Waals surface area contributed by atoms with Gasteiger partial charge in [0.2, 0.25) is 11.1 Å². The Morgan fingerprint density at radius 1 is 1.19 bits per heavy atom. The summed E-state index contributed by atoms with van der Waals surface area (Å²) in [6, 6.07) is 10.3. The average Bonchev–Trinajstić information content (AvgIpc) is 2.99. The lowest BCUT2D eigenvalue weighted by Gasteiger charge is -2.12. The molecule has 0 spiro atoms. The molecule has 0 aliphatic carbocycles. The van der Waals surface area contributed by atoms with Crippen molar-refractivity contribution in [3.8, 4) is 11.4 Å². The maximum Gasteiger partial charge on any atom is 0.237 e. The van der Waals surface area contributed by atoms with Crippen LogP contribution >= 0.6 is 23.4 Å². The third-order valence-corrected chi connectivity index (χ3v) is 5.03. The van der Waals surface area contributed by atoms with E-state index in [0.717, 1.165) is 23.9 Å². The molecule has 0 fully saturated rings. The van der Waals surface area contributed by atoms with Crippen LogP contribution in [0.25, 0.3) is 11.4 Å². The van der Waals surface area contributed by atoms with Gasteiger partial charge in [0, 0.05) is 5.56 Å². The molecule has 0 bridgehead atoms. The molecule has 0 aliphatic rings. The quantitative estimate of drug-likeness (QED) is 0.495. The van der Waals surface area contributed by atoms with Crippen LogP contribution in [0.1, 0.15) is 6.92 Å². The van der Waals surface area contributed by atoms with E-state index in [9.17, 15) is 13.6 Å². The first-order valence-electron chi connectivity index (χ1n) is 7.75. The molecule has 3 N–H and O–H groups in total. The summed E-state index contributed by atoms with van der Waals surface area (Å²) in [6.07, 6.45) is 0. The van der Waals surface area contributed by atoms with Crippen molar-refractivity contribution in [1.82, 2.24) is 14.9 Å². The number of carbonyl (C=O) groups is 1. The molecule has 6 nitrogen and oxygen atoms in total. The standard InChI is InChI=1S/C17H14ClF2N5OS/c1-9(16(26)22-14-12(19)7-4-8-13(14)20)27-17-24-23-15(25(17)21)10-5-2-3-6-11(10)18/h2-9H,21H2,1H3,(H,22,26)/t9-/m0/s1. The topological polar surface area (TPSA) is 85.8 Å². The number of hydrogen-bond donors (Lipinski definition) is 2. The van der Waals surface area contributed by atoms with Gasteiger partial charge in [0.25, 0.3) is 0 Å². The minimum atomic E-state index is -0.858. The van der Waals surface area contributed by atoms with E-state index in [0.29, 0.717) is 16.4 Å². The van der Waals surface area contributed by atoms with Crippen molar-refractivity contribution in [3.05, 3.63) is 59.1 Å². The number of thioether (sulfide) groups is 1. The Bertz CT molecular complexity index is 977.